The fourth-order valence-corrected chi connectivity index (χ4v) is 6.23. The summed E-state index contributed by atoms with van der Waals surface area (Å²) in [4.78, 5) is 30.5. The molecule has 1 aromatic heterocycles. The second-order valence-corrected chi connectivity index (χ2v) is 12.6. The van der Waals surface area contributed by atoms with Crippen molar-refractivity contribution in [2.75, 3.05) is 23.0 Å². The molecular weight excluding hydrogens is 600 g/mol. The third-order valence-electron chi connectivity index (χ3n) is 7.18. The Morgan fingerprint density at radius 3 is 2.47 bits per heavy atom. The molecule has 0 bridgehead atoms. The number of aromatic nitrogens is 2. The molecule has 0 saturated heterocycles. The van der Waals surface area contributed by atoms with E-state index in [0.717, 1.165) is 5.56 Å². The molecule has 0 fully saturated rings. The van der Waals surface area contributed by atoms with E-state index in [1.807, 2.05) is 20.8 Å². The largest absolute Gasteiger partial charge is 0.492 e. The number of hydrogen-bond acceptors (Lipinski definition) is 9. The first kappa shape index (κ1) is 31.4. The number of hydrogen-bond donors (Lipinski definition) is 2. The summed E-state index contributed by atoms with van der Waals surface area (Å²) in [6, 6.07) is 15.6. The molecule has 0 aliphatic carbocycles. The van der Waals surface area contributed by atoms with Crippen molar-refractivity contribution in [1.82, 2.24) is 9.55 Å². The van der Waals surface area contributed by atoms with Crippen molar-refractivity contribution in [3.05, 3.63) is 83.6 Å². The van der Waals surface area contributed by atoms with Gasteiger partial charge in [0.15, 0.2) is 18.1 Å². The highest BCUT2D eigenvalue weighted by atomic mass is 32.2. The van der Waals surface area contributed by atoms with Crippen molar-refractivity contribution in [3.8, 4) is 23.1 Å². The third-order valence-corrected chi connectivity index (χ3v) is 8.95. The Labute approximate surface area is 261 Å². The molecule has 236 valence electrons. The number of fused-ring (bicyclic) bond motifs is 1. The number of aryl methyl sites for hydroxylation is 2. The van der Waals surface area contributed by atoms with Gasteiger partial charge in [-0.3, -0.25) is 14.9 Å². The predicted molar refractivity (Wildman–Crippen MR) is 167 cm³/mol. The monoisotopic (exact) mass is 634 g/mol. The van der Waals surface area contributed by atoms with Crippen LogP contribution in [0.5, 0.6) is 23.1 Å². The molecule has 3 aromatic carbocycles. The van der Waals surface area contributed by atoms with Gasteiger partial charge in [-0.2, -0.15) is 9.29 Å². The second-order valence-electron chi connectivity index (χ2n) is 10.8. The normalized spacial score (nSPS) is 12.3. The Balaban J connectivity index is 1.41. The summed E-state index contributed by atoms with van der Waals surface area (Å²) in [5.74, 6) is -0.0553. The van der Waals surface area contributed by atoms with E-state index in [1.54, 1.807) is 37.4 Å². The SMILES string of the molecule is CCCc1cc(C(=O)Nc2nc(O)cn2C)ccc1OCC(=O)N(c1ccc2c(c1)OCO2)S(=O)(=O)c1ccc(C(C)C)cc1. The minimum absolute atomic E-state index is 0.0162. The van der Waals surface area contributed by atoms with Gasteiger partial charge in [0.25, 0.3) is 21.8 Å². The summed E-state index contributed by atoms with van der Waals surface area (Å²) in [5.41, 5.74) is 2.00. The number of sulfonamides is 1. The first-order valence-corrected chi connectivity index (χ1v) is 15.8. The van der Waals surface area contributed by atoms with Crippen LogP contribution in [0.15, 0.2) is 71.8 Å². The summed E-state index contributed by atoms with van der Waals surface area (Å²) >= 11 is 0. The van der Waals surface area contributed by atoms with Crippen LogP contribution >= 0.6 is 0 Å². The van der Waals surface area contributed by atoms with Crippen molar-refractivity contribution >= 4 is 33.5 Å². The topological polar surface area (TPSA) is 149 Å². The smallest absolute Gasteiger partial charge is 0.278 e. The van der Waals surface area contributed by atoms with E-state index in [2.05, 4.69) is 10.3 Å². The van der Waals surface area contributed by atoms with Gasteiger partial charge in [-0.25, -0.2) is 8.42 Å². The number of nitrogens with zero attached hydrogens (tertiary/aromatic N) is 3. The summed E-state index contributed by atoms with van der Waals surface area (Å²) in [6.07, 6.45) is 2.60. The molecule has 1 aliphatic heterocycles. The number of carbonyl (C=O) groups is 2. The molecular formula is C32H34N4O8S. The number of nitrogens with one attached hydrogen (secondary N) is 1. The Kier molecular flexibility index (Phi) is 9.00. The van der Waals surface area contributed by atoms with E-state index >= 15 is 0 Å². The van der Waals surface area contributed by atoms with Crippen LogP contribution in [0.1, 0.15) is 54.6 Å². The predicted octanol–water partition coefficient (Wildman–Crippen LogP) is 4.98. The maximum atomic E-state index is 13.9. The number of carbonyl (C=O) groups excluding carboxylic acids is 2. The quantitative estimate of drug-likeness (QED) is 0.233. The van der Waals surface area contributed by atoms with Crippen LogP contribution in [0.3, 0.4) is 0 Å². The molecule has 5 rings (SSSR count). The molecule has 0 radical (unpaired) electrons. The molecule has 45 heavy (non-hydrogen) atoms. The first-order valence-electron chi connectivity index (χ1n) is 14.3. The van der Waals surface area contributed by atoms with Crippen molar-refractivity contribution in [2.45, 2.75) is 44.4 Å². The average Bonchev–Trinajstić information content (AvgIpc) is 3.61. The molecule has 0 unspecified atom stereocenters. The number of amides is 2. The number of benzene rings is 3. The van der Waals surface area contributed by atoms with E-state index in [-0.39, 0.29) is 35.1 Å². The van der Waals surface area contributed by atoms with Crippen LogP contribution in [0.4, 0.5) is 11.6 Å². The van der Waals surface area contributed by atoms with Crippen LogP contribution in [-0.2, 0) is 28.3 Å². The van der Waals surface area contributed by atoms with Gasteiger partial charge in [-0.15, -0.1) is 0 Å². The van der Waals surface area contributed by atoms with E-state index in [9.17, 15) is 23.1 Å². The van der Waals surface area contributed by atoms with Crippen molar-refractivity contribution in [1.29, 1.82) is 0 Å². The lowest BCUT2D eigenvalue weighted by molar-refractivity contribution is -0.119. The number of anilines is 2. The summed E-state index contributed by atoms with van der Waals surface area (Å²) in [6.45, 7) is 5.34. The van der Waals surface area contributed by atoms with Crippen LogP contribution in [0.25, 0.3) is 0 Å². The maximum Gasteiger partial charge on any atom is 0.278 e. The van der Waals surface area contributed by atoms with E-state index < -0.39 is 28.4 Å². The molecule has 2 amide bonds. The van der Waals surface area contributed by atoms with Crippen LogP contribution in [0, 0.1) is 0 Å². The fourth-order valence-electron chi connectivity index (χ4n) is 4.82. The number of imidazole rings is 1. The lowest BCUT2D eigenvalue weighted by Crippen LogP contribution is -2.40. The van der Waals surface area contributed by atoms with Gasteiger partial charge in [0, 0.05) is 18.7 Å². The highest BCUT2D eigenvalue weighted by Crippen LogP contribution is 2.37. The maximum absolute atomic E-state index is 13.9. The molecule has 4 aromatic rings. The molecule has 0 spiro atoms. The van der Waals surface area contributed by atoms with E-state index in [1.165, 1.54) is 41.1 Å². The Bertz CT molecular complexity index is 1830. The average molecular weight is 635 g/mol. The van der Waals surface area contributed by atoms with Crippen LogP contribution in [-0.4, -0.2) is 48.3 Å². The van der Waals surface area contributed by atoms with Crippen LogP contribution in [0.2, 0.25) is 0 Å². The zero-order valence-corrected chi connectivity index (χ0v) is 26.1. The molecule has 12 nitrogen and oxygen atoms in total. The third kappa shape index (κ3) is 6.73. The fraction of sp³-hybridized carbons (Fsp3) is 0.281. The number of ether oxygens (including phenoxy) is 3. The van der Waals surface area contributed by atoms with Crippen molar-refractivity contribution in [2.24, 2.45) is 7.05 Å². The van der Waals surface area contributed by atoms with E-state index in [0.29, 0.717) is 45.5 Å². The Morgan fingerprint density at radius 1 is 1.07 bits per heavy atom. The molecule has 2 N–H and O–H groups in total. The first-order chi connectivity index (χ1) is 21.5. The molecule has 0 atom stereocenters. The summed E-state index contributed by atoms with van der Waals surface area (Å²) < 4.78 is 46.8. The van der Waals surface area contributed by atoms with Gasteiger partial charge in [0.05, 0.1) is 16.8 Å². The Hall–Kier alpha value is -5.04. The van der Waals surface area contributed by atoms with Crippen LogP contribution < -0.4 is 23.8 Å². The molecule has 1 aliphatic rings. The zero-order valence-electron chi connectivity index (χ0n) is 25.3. The summed E-state index contributed by atoms with van der Waals surface area (Å²) in [5, 5.41) is 12.2. The number of aromatic hydroxyl groups is 1. The van der Waals surface area contributed by atoms with Gasteiger partial charge in [-0.1, -0.05) is 39.3 Å². The summed E-state index contributed by atoms with van der Waals surface area (Å²) in [7, 11) is -2.73. The lowest BCUT2D eigenvalue weighted by atomic mass is 10.0. The molecule has 0 saturated carbocycles. The highest BCUT2D eigenvalue weighted by molar-refractivity contribution is 7.93. The van der Waals surface area contributed by atoms with Gasteiger partial charge in [-0.05, 0) is 65.9 Å². The zero-order chi connectivity index (χ0) is 32.3. The lowest BCUT2D eigenvalue weighted by Gasteiger charge is -2.23. The van der Waals surface area contributed by atoms with Crippen molar-refractivity contribution < 1.29 is 37.3 Å². The molecule has 2 heterocycles. The molecule has 13 heteroatoms. The highest BCUT2D eigenvalue weighted by Gasteiger charge is 2.33. The second kappa shape index (κ2) is 12.9. The minimum atomic E-state index is -4.36. The minimum Gasteiger partial charge on any atom is -0.492 e. The Morgan fingerprint density at radius 2 is 1.80 bits per heavy atom. The van der Waals surface area contributed by atoms with Gasteiger partial charge < -0.3 is 23.9 Å². The standard InChI is InChI=1S/C32H34N4O8S/c1-5-6-22-15-23(31(39)34-32-33-29(37)17-35(32)4)9-13-26(22)42-18-30(38)36(24-10-14-27-28(16-24)44-19-43-27)45(40,41)25-11-7-21(8-12-25)20(2)3/h7-17,20,37H,5-6,18-19H2,1-4H3,(H,33,34,39). The number of rotatable bonds is 11. The van der Waals surface area contributed by atoms with E-state index in [4.69, 9.17) is 14.2 Å². The van der Waals surface area contributed by atoms with Gasteiger partial charge in [0.1, 0.15) is 5.75 Å². The van der Waals surface area contributed by atoms with Gasteiger partial charge >= 0.3 is 0 Å². The van der Waals surface area contributed by atoms with Crippen molar-refractivity contribution in [3.63, 3.8) is 0 Å². The van der Waals surface area contributed by atoms with Gasteiger partial charge in [0.2, 0.25) is 18.6 Å².